The molecule has 0 aliphatic heterocycles. The Labute approximate surface area is 132 Å². The summed E-state index contributed by atoms with van der Waals surface area (Å²) in [5, 5.41) is 19.9. The van der Waals surface area contributed by atoms with Crippen LogP contribution in [0.2, 0.25) is 0 Å². The molecule has 2 rings (SSSR count). The molecule has 116 valence electrons. The summed E-state index contributed by atoms with van der Waals surface area (Å²) in [4.78, 5) is 0. The maximum Gasteiger partial charge on any atom is 0.0725 e. The standard InChI is InChI=1S/C20H24O2/c21-19(13-11-17-7-3-1-4-8-17)15-16-20(22)14-12-18-9-5-2-6-10-18/h1-10,15-16,19-22H,11-14H2/b16-15+. The molecular weight excluding hydrogens is 272 g/mol. The quantitative estimate of drug-likeness (QED) is 0.732. The fourth-order valence-electron chi connectivity index (χ4n) is 2.37. The van der Waals surface area contributed by atoms with E-state index in [0.717, 1.165) is 12.8 Å². The van der Waals surface area contributed by atoms with Crippen molar-refractivity contribution in [1.82, 2.24) is 0 Å². The van der Waals surface area contributed by atoms with Crippen LogP contribution in [0.5, 0.6) is 0 Å². The van der Waals surface area contributed by atoms with Crippen molar-refractivity contribution in [1.29, 1.82) is 0 Å². The van der Waals surface area contributed by atoms with Crippen LogP contribution < -0.4 is 0 Å². The summed E-state index contributed by atoms with van der Waals surface area (Å²) in [7, 11) is 0. The number of rotatable bonds is 8. The van der Waals surface area contributed by atoms with Crippen LogP contribution >= 0.6 is 0 Å². The monoisotopic (exact) mass is 296 g/mol. The van der Waals surface area contributed by atoms with Gasteiger partial charge in [-0.1, -0.05) is 72.8 Å². The molecule has 0 heterocycles. The van der Waals surface area contributed by atoms with Gasteiger partial charge in [-0.2, -0.15) is 0 Å². The smallest absolute Gasteiger partial charge is 0.0725 e. The summed E-state index contributed by atoms with van der Waals surface area (Å²) in [6.45, 7) is 0. The van der Waals surface area contributed by atoms with E-state index in [1.807, 2.05) is 36.4 Å². The van der Waals surface area contributed by atoms with Gasteiger partial charge in [0.25, 0.3) is 0 Å². The van der Waals surface area contributed by atoms with Crippen LogP contribution in [0.3, 0.4) is 0 Å². The van der Waals surface area contributed by atoms with E-state index in [1.165, 1.54) is 11.1 Å². The van der Waals surface area contributed by atoms with E-state index in [0.29, 0.717) is 12.8 Å². The molecule has 2 nitrogen and oxygen atoms in total. The maximum absolute atomic E-state index is 9.95. The molecule has 0 aliphatic carbocycles. The number of hydrogen-bond donors (Lipinski definition) is 2. The molecule has 2 aromatic carbocycles. The first kappa shape index (κ1) is 16.5. The highest BCUT2D eigenvalue weighted by atomic mass is 16.3. The minimum absolute atomic E-state index is 0.508. The molecule has 0 aliphatic rings. The third kappa shape index (κ3) is 6.25. The zero-order valence-electron chi connectivity index (χ0n) is 12.8. The van der Waals surface area contributed by atoms with Crippen molar-refractivity contribution in [3.8, 4) is 0 Å². The predicted octanol–water partition coefficient (Wildman–Crippen LogP) is 3.53. The van der Waals surface area contributed by atoms with Crippen LogP contribution in [-0.4, -0.2) is 22.4 Å². The van der Waals surface area contributed by atoms with Crippen molar-refractivity contribution in [3.05, 3.63) is 83.9 Å². The first-order valence-corrected chi connectivity index (χ1v) is 7.86. The van der Waals surface area contributed by atoms with Gasteiger partial charge in [0.05, 0.1) is 12.2 Å². The highest BCUT2D eigenvalue weighted by molar-refractivity contribution is 5.16. The topological polar surface area (TPSA) is 40.5 Å². The second-order valence-corrected chi connectivity index (χ2v) is 5.57. The average molecular weight is 296 g/mol. The van der Waals surface area contributed by atoms with E-state index in [1.54, 1.807) is 12.2 Å². The molecule has 22 heavy (non-hydrogen) atoms. The third-order valence-corrected chi connectivity index (χ3v) is 3.70. The van der Waals surface area contributed by atoms with E-state index in [4.69, 9.17) is 0 Å². The van der Waals surface area contributed by atoms with Gasteiger partial charge in [-0.05, 0) is 36.8 Å². The zero-order valence-corrected chi connectivity index (χ0v) is 12.8. The van der Waals surface area contributed by atoms with Crippen LogP contribution in [0.1, 0.15) is 24.0 Å². The number of aryl methyl sites for hydroxylation is 2. The maximum atomic E-state index is 9.95. The second-order valence-electron chi connectivity index (χ2n) is 5.57. The van der Waals surface area contributed by atoms with E-state index in [-0.39, 0.29) is 0 Å². The summed E-state index contributed by atoms with van der Waals surface area (Å²) >= 11 is 0. The fraction of sp³-hybridized carbons (Fsp3) is 0.300. The van der Waals surface area contributed by atoms with Gasteiger partial charge < -0.3 is 10.2 Å². The normalized spacial score (nSPS) is 14.1. The minimum atomic E-state index is -0.508. The van der Waals surface area contributed by atoms with Gasteiger partial charge >= 0.3 is 0 Å². The summed E-state index contributed by atoms with van der Waals surface area (Å²) in [6.07, 6.45) is 5.42. The molecule has 2 atom stereocenters. The predicted molar refractivity (Wildman–Crippen MR) is 90.7 cm³/mol. The Morgan fingerprint density at radius 3 is 1.36 bits per heavy atom. The Balaban J connectivity index is 1.69. The van der Waals surface area contributed by atoms with E-state index in [2.05, 4.69) is 24.3 Å². The van der Waals surface area contributed by atoms with Crippen molar-refractivity contribution in [2.75, 3.05) is 0 Å². The summed E-state index contributed by atoms with van der Waals surface area (Å²) < 4.78 is 0. The highest BCUT2D eigenvalue weighted by Gasteiger charge is 2.04. The lowest BCUT2D eigenvalue weighted by Crippen LogP contribution is -2.08. The lowest BCUT2D eigenvalue weighted by atomic mass is 10.0. The van der Waals surface area contributed by atoms with Crippen molar-refractivity contribution in [3.63, 3.8) is 0 Å². The number of aliphatic hydroxyl groups excluding tert-OH is 2. The molecule has 0 fully saturated rings. The van der Waals surface area contributed by atoms with Crippen LogP contribution in [0.15, 0.2) is 72.8 Å². The van der Waals surface area contributed by atoms with E-state index < -0.39 is 12.2 Å². The lowest BCUT2D eigenvalue weighted by Gasteiger charge is -2.08. The van der Waals surface area contributed by atoms with Crippen molar-refractivity contribution >= 4 is 0 Å². The second kappa shape index (κ2) is 9.19. The number of benzene rings is 2. The van der Waals surface area contributed by atoms with Gasteiger partial charge in [0.15, 0.2) is 0 Å². The molecule has 2 heteroatoms. The van der Waals surface area contributed by atoms with Gasteiger partial charge in [0.1, 0.15) is 0 Å². The van der Waals surface area contributed by atoms with E-state index >= 15 is 0 Å². The Morgan fingerprint density at radius 2 is 1.00 bits per heavy atom. The van der Waals surface area contributed by atoms with Crippen LogP contribution in [0.25, 0.3) is 0 Å². The van der Waals surface area contributed by atoms with Crippen LogP contribution in [0, 0.1) is 0 Å². The summed E-state index contributed by atoms with van der Waals surface area (Å²) in [6, 6.07) is 20.2. The molecule has 0 radical (unpaired) electrons. The van der Waals surface area contributed by atoms with Crippen molar-refractivity contribution in [2.24, 2.45) is 0 Å². The summed E-state index contributed by atoms with van der Waals surface area (Å²) in [5.74, 6) is 0. The summed E-state index contributed by atoms with van der Waals surface area (Å²) in [5.41, 5.74) is 2.44. The number of aliphatic hydroxyl groups is 2. The zero-order chi connectivity index (χ0) is 15.6. The molecule has 2 N–H and O–H groups in total. The van der Waals surface area contributed by atoms with Crippen LogP contribution in [-0.2, 0) is 12.8 Å². The Morgan fingerprint density at radius 1 is 0.636 bits per heavy atom. The minimum Gasteiger partial charge on any atom is -0.389 e. The van der Waals surface area contributed by atoms with Gasteiger partial charge in [0, 0.05) is 0 Å². The largest absolute Gasteiger partial charge is 0.389 e. The SMILES string of the molecule is OC(/C=C/C(O)CCc1ccccc1)CCc1ccccc1. The lowest BCUT2D eigenvalue weighted by molar-refractivity contribution is 0.197. The molecule has 0 amide bonds. The molecule has 0 saturated heterocycles. The molecule has 2 aromatic rings. The fourth-order valence-corrected chi connectivity index (χ4v) is 2.37. The molecule has 0 saturated carbocycles. The van der Waals surface area contributed by atoms with Gasteiger partial charge in [-0.15, -0.1) is 0 Å². The molecule has 2 unspecified atom stereocenters. The first-order chi connectivity index (χ1) is 10.7. The van der Waals surface area contributed by atoms with Crippen molar-refractivity contribution < 1.29 is 10.2 Å². The van der Waals surface area contributed by atoms with Crippen LogP contribution in [0.4, 0.5) is 0 Å². The Hall–Kier alpha value is -1.90. The van der Waals surface area contributed by atoms with Gasteiger partial charge in [0.2, 0.25) is 0 Å². The van der Waals surface area contributed by atoms with Gasteiger partial charge in [-0.3, -0.25) is 0 Å². The molecule has 0 spiro atoms. The van der Waals surface area contributed by atoms with Gasteiger partial charge in [-0.25, -0.2) is 0 Å². The molecule has 0 aromatic heterocycles. The molecule has 0 bridgehead atoms. The van der Waals surface area contributed by atoms with Crippen molar-refractivity contribution in [2.45, 2.75) is 37.9 Å². The number of hydrogen-bond acceptors (Lipinski definition) is 2. The van der Waals surface area contributed by atoms with E-state index in [9.17, 15) is 10.2 Å². The Kier molecular flexibility index (Phi) is 6.88. The third-order valence-electron chi connectivity index (χ3n) is 3.70. The highest BCUT2D eigenvalue weighted by Crippen LogP contribution is 2.08. The first-order valence-electron chi connectivity index (χ1n) is 7.86. The average Bonchev–Trinajstić information content (AvgIpc) is 2.58. The molecular formula is C20H24O2. The Bertz CT molecular complexity index is 497.